The van der Waals surface area contributed by atoms with Crippen LogP contribution in [0.15, 0.2) is 36.5 Å². The minimum Gasteiger partial charge on any atom is -0.370 e. The Kier molecular flexibility index (Phi) is 5.96. The van der Waals surface area contributed by atoms with E-state index in [2.05, 4.69) is 27.1 Å². The van der Waals surface area contributed by atoms with Crippen LogP contribution < -0.4 is 5.32 Å². The molecular formula is C16H21ClN4. The standard InChI is InChI=1S/C16H21ClN4/c1-3-9-19-16-8-7-14(17)15(20-16)12-21(2)11-13-6-4-5-10-18-13/h4-8,10H,3,9,11-12H2,1-2H3,(H,19,20). The molecule has 2 aromatic rings. The van der Waals surface area contributed by atoms with Gasteiger partial charge in [0.2, 0.25) is 0 Å². The van der Waals surface area contributed by atoms with E-state index >= 15 is 0 Å². The second-order valence-corrected chi connectivity index (χ2v) is 5.45. The SMILES string of the molecule is CCCNc1ccc(Cl)c(CN(C)Cc2ccccn2)n1. The third kappa shape index (κ3) is 4.99. The Morgan fingerprint density at radius 3 is 2.76 bits per heavy atom. The lowest BCUT2D eigenvalue weighted by Gasteiger charge is -2.17. The first-order chi connectivity index (χ1) is 10.2. The number of nitrogens with zero attached hydrogens (tertiary/aromatic N) is 3. The van der Waals surface area contributed by atoms with E-state index in [0.29, 0.717) is 11.6 Å². The number of anilines is 1. The molecule has 0 aromatic carbocycles. The molecule has 0 fully saturated rings. The Balaban J connectivity index is 2.00. The molecule has 2 heterocycles. The van der Waals surface area contributed by atoms with E-state index in [4.69, 9.17) is 11.6 Å². The van der Waals surface area contributed by atoms with Gasteiger partial charge in [0.1, 0.15) is 5.82 Å². The molecule has 0 spiro atoms. The van der Waals surface area contributed by atoms with Crippen LogP contribution in [-0.4, -0.2) is 28.5 Å². The number of hydrogen-bond donors (Lipinski definition) is 1. The molecule has 0 saturated heterocycles. The highest BCUT2D eigenvalue weighted by Gasteiger charge is 2.08. The van der Waals surface area contributed by atoms with Crippen molar-refractivity contribution in [3.63, 3.8) is 0 Å². The number of hydrogen-bond acceptors (Lipinski definition) is 4. The zero-order valence-electron chi connectivity index (χ0n) is 12.5. The zero-order valence-corrected chi connectivity index (χ0v) is 13.3. The minimum atomic E-state index is 0.692. The molecule has 21 heavy (non-hydrogen) atoms. The zero-order chi connectivity index (χ0) is 15.1. The summed E-state index contributed by atoms with van der Waals surface area (Å²) in [6.07, 6.45) is 2.88. The summed E-state index contributed by atoms with van der Waals surface area (Å²) < 4.78 is 0. The lowest BCUT2D eigenvalue weighted by atomic mass is 10.3. The van der Waals surface area contributed by atoms with Crippen molar-refractivity contribution in [2.45, 2.75) is 26.4 Å². The Hall–Kier alpha value is -1.65. The maximum Gasteiger partial charge on any atom is 0.126 e. The summed E-state index contributed by atoms with van der Waals surface area (Å²) in [7, 11) is 2.04. The van der Waals surface area contributed by atoms with Gasteiger partial charge in [-0.3, -0.25) is 9.88 Å². The Bertz CT molecular complexity index is 559. The highest BCUT2D eigenvalue weighted by Crippen LogP contribution is 2.18. The smallest absolute Gasteiger partial charge is 0.126 e. The molecule has 4 nitrogen and oxygen atoms in total. The molecule has 0 saturated carbocycles. The minimum absolute atomic E-state index is 0.692. The van der Waals surface area contributed by atoms with Gasteiger partial charge in [-0.1, -0.05) is 24.6 Å². The molecule has 0 atom stereocenters. The van der Waals surface area contributed by atoms with Gasteiger partial charge < -0.3 is 5.32 Å². The summed E-state index contributed by atoms with van der Waals surface area (Å²) >= 11 is 6.24. The van der Waals surface area contributed by atoms with Crippen molar-refractivity contribution in [1.82, 2.24) is 14.9 Å². The number of rotatable bonds is 7. The van der Waals surface area contributed by atoms with E-state index in [1.54, 1.807) is 0 Å². The number of halogens is 1. The number of nitrogens with one attached hydrogen (secondary N) is 1. The van der Waals surface area contributed by atoms with Crippen LogP contribution in [0.25, 0.3) is 0 Å². The predicted octanol–water partition coefficient (Wildman–Crippen LogP) is 3.58. The van der Waals surface area contributed by atoms with Crippen LogP contribution >= 0.6 is 11.6 Å². The van der Waals surface area contributed by atoms with Gasteiger partial charge in [0, 0.05) is 25.8 Å². The first-order valence-corrected chi connectivity index (χ1v) is 7.54. The maximum atomic E-state index is 6.24. The van der Waals surface area contributed by atoms with Crippen LogP contribution in [0.3, 0.4) is 0 Å². The average Bonchev–Trinajstić information content (AvgIpc) is 2.49. The largest absolute Gasteiger partial charge is 0.370 e. The van der Waals surface area contributed by atoms with Crippen molar-refractivity contribution in [2.24, 2.45) is 0 Å². The highest BCUT2D eigenvalue weighted by atomic mass is 35.5. The first-order valence-electron chi connectivity index (χ1n) is 7.16. The van der Waals surface area contributed by atoms with Gasteiger partial charge in [0.25, 0.3) is 0 Å². The van der Waals surface area contributed by atoms with Crippen molar-refractivity contribution < 1.29 is 0 Å². The van der Waals surface area contributed by atoms with Crippen molar-refractivity contribution in [3.8, 4) is 0 Å². The first kappa shape index (κ1) is 15.7. The normalized spacial score (nSPS) is 10.9. The third-order valence-electron chi connectivity index (χ3n) is 3.05. The fourth-order valence-electron chi connectivity index (χ4n) is 2.03. The molecule has 0 radical (unpaired) electrons. The van der Waals surface area contributed by atoms with E-state index in [1.165, 1.54) is 0 Å². The Morgan fingerprint density at radius 1 is 1.19 bits per heavy atom. The van der Waals surface area contributed by atoms with E-state index in [0.717, 1.165) is 36.7 Å². The van der Waals surface area contributed by atoms with Crippen LogP contribution in [0.1, 0.15) is 24.7 Å². The van der Waals surface area contributed by atoms with Crippen LogP contribution in [0, 0.1) is 0 Å². The molecule has 0 aliphatic carbocycles. The monoisotopic (exact) mass is 304 g/mol. The predicted molar refractivity (Wildman–Crippen MR) is 87.4 cm³/mol. The van der Waals surface area contributed by atoms with Gasteiger partial charge in [-0.25, -0.2) is 4.98 Å². The van der Waals surface area contributed by atoms with Crippen molar-refractivity contribution in [3.05, 3.63) is 52.9 Å². The quantitative estimate of drug-likeness (QED) is 0.849. The summed E-state index contributed by atoms with van der Waals surface area (Å²) in [6.45, 7) is 4.50. The van der Waals surface area contributed by atoms with Gasteiger partial charge in [0.15, 0.2) is 0 Å². The van der Waals surface area contributed by atoms with E-state index in [9.17, 15) is 0 Å². The van der Waals surface area contributed by atoms with E-state index in [1.807, 2.05) is 43.6 Å². The van der Waals surface area contributed by atoms with Gasteiger partial charge in [-0.2, -0.15) is 0 Å². The topological polar surface area (TPSA) is 41.0 Å². The van der Waals surface area contributed by atoms with Crippen LogP contribution in [0.5, 0.6) is 0 Å². The Labute approximate surface area is 131 Å². The summed E-state index contributed by atoms with van der Waals surface area (Å²) in [5, 5.41) is 3.98. The third-order valence-corrected chi connectivity index (χ3v) is 3.40. The van der Waals surface area contributed by atoms with Crippen molar-refractivity contribution in [1.29, 1.82) is 0 Å². The molecule has 2 rings (SSSR count). The number of pyridine rings is 2. The van der Waals surface area contributed by atoms with Crippen LogP contribution in [0.2, 0.25) is 5.02 Å². The molecule has 5 heteroatoms. The summed E-state index contributed by atoms with van der Waals surface area (Å²) in [6, 6.07) is 9.75. The summed E-state index contributed by atoms with van der Waals surface area (Å²) in [5.41, 5.74) is 1.92. The van der Waals surface area contributed by atoms with Crippen LogP contribution in [0.4, 0.5) is 5.82 Å². The average molecular weight is 305 g/mol. The van der Waals surface area contributed by atoms with Gasteiger partial charge in [-0.15, -0.1) is 0 Å². The molecule has 0 bridgehead atoms. The molecule has 1 N–H and O–H groups in total. The maximum absolute atomic E-state index is 6.24. The Morgan fingerprint density at radius 2 is 2.05 bits per heavy atom. The van der Waals surface area contributed by atoms with Crippen LogP contribution in [-0.2, 0) is 13.1 Å². The number of aromatic nitrogens is 2. The highest BCUT2D eigenvalue weighted by molar-refractivity contribution is 6.31. The lowest BCUT2D eigenvalue weighted by Crippen LogP contribution is -2.19. The molecule has 0 aliphatic rings. The van der Waals surface area contributed by atoms with Crippen molar-refractivity contribution in [2.75, 3.05) is 18.9 Å². The lowest BCUT2D eigenvalue weighted by molar-refractivity contribution is 0.311. The summed E-state index contributed by atoms with van der Waals surface area (Å²) in [5.74, 6) is 0.877. The van der Waals surface area contributed by atoms with Gasteiger partial charge in [-0.05, 0) is 37.7 Å². The fourth-order valence-corrected chi connectivity index (χ4v) is 2.19. The van der Waals surface area contributed by atoms with Gasteiger partial charge >= 0.3 is 0 Å². The van der Waals surface area contributed by atoms with Gasteiger partial charge in [0.05, 0.1) is 16.4 Å². The van der Waals surface area contributed by atoms with Crippen molar-refractivity contribution >= 4 is 17.4 Å². The molecule has 0 amide bonds. The fraction of sp³-hybridized carbons (Fsp3) is 0.375. The van der Waals surface area contributed by atoms with E-state index < -0.39 is 0 Å². The molecule has 2 aromatic heterocycles. The molecule has 0 unspecified atom stereocenters. The second kappa shape index (κ2) is 7.96. The summed E-state index contributed by atoms with van der Waals surface area (Å²) in [4.78, 5) is 11.1. The van der Waals surface area contributed by atoms with E-state index in [-0.39, 0.29) is 0 Å². The molecule has 0 aliphatic heterocycles. The molecular weight excluding hydrogens is 284 g/mol. The second-order valence-electron chi connectivity index (χ2n) is 5.05. The molecule has 112 valence electrons.